The molecule has 0 atom stereocenters. The maximum absolute atomic E-state index is 12.8. The monoisotopic (exact) mass is 351 g/mol. The molecular formula is C23H17N3O. The van der Waals surface area contributed by atoms with E-state index in [0.717, 1.165) is 21.9 Å². The van der Waals surface area contributed by atoms with Crippen molar-refractivity contribution in [2.45, 2.75) is 0 Å². The highest BCUT2D eigenvalue weighted by Crippen LogP contribution is 2.18. The molecule has 0 aliphatic carbocycles. The van der Waals surface area contributed by atoms with Gasteiger partial charge in [0.2, 0.25) is 0 Å². The first-order valence-corrected chi connectivity index (χ1v) is 8.64. The van der Waals surface area contributed by atoms with E-state index < -0.39 is 0 Å². The first-order valence-electron chi connectivity index (χ1n) is 8.64. The number of aromatic nitrogens is 1. The van der Waals surface area contributed by atoms with Crippen molar-refractivity contribution in [3.05, 3.63) is 114 Å². The van der Waals surface area contributed by atoms with Crippen molar-refractivity contribution >= 4 is 22.4 Å². The fourth-order valence-electron chi connectivity index (χ4n) is 2.99. The first-order chi connectivity index (χ1) is 13.3. The molecule has 1 aromatic heterocycles. The SMILES string of the molecule is O=C(N/N=C(/c1ccccc1)c1ccncc1)c1cccc2ccccc12. The van der Waals surface area contributed by atoms with E-state index in [1.54, 1.807) is 12.4 Å². The molecule has 1 amide bonds. The van der Waals surface area contributed by atoms with Gasteiger partial charge >= 0.3 is 0 Å². The maximum atomic E-state index is 12.8. The predicted molar refractivity (Wildman–Crippen MR) is 108 cm³/mol. The summed E-state index contributed by atoms with van der Waals surface area (Å²) in [6.45, 7) is 0. The molecule has 1 heterocycles. The van der Waals surface area contributed by atoms with Crippen LogP contribution in [0.25, 0.3) is 10.8 Å². The molecule has 0 radical (unpaired) electrons. The fourth-order valence-corrected chi connectivity index (χ4v) is 2.99. The molecule has 0 aliphatic heterocycles. The summed E-state index contributed by atoms with van der Waals surface area (Å²) < 4.78 is 0. The van der Waals surface area contributed by atoms with E-state index in [9.17, 15) is 4.79 Å². The second-order valence-corrected chi connectivity index (χ2v) is 6.03. The van der Waals surface area contributed by atoms with Gasteiger partial charge in [0.15, 0.2) is 0 Å². The zero-order chi connectivity index (χ0) is 18.5. The molecule has 0 unspecified atom stereocenters. The topological polar surface area (TPSA) is 54.4 Å². The van der Waals surface area contributed by atoms with Crippen molar-refractivity contribution < 1.29 is 4.79 Å². The zero-order valence-corrected chi connectivity index (χ0v) is 14.5. The maximum Gasteiger partial charge on any atom is 0.272 e. The van der Waals surface area contributed by atoms with Crippen LogP contribution in [0.5, 0.6) is 0 Å². The number of hydrazone groups is 1. The third-order valence-electron chi connectivity index (χ3n) is 4.30. The quantitative estimate of drug-likeness (QED) is 0.437. The average molecular weight is 351 g/mol. The Morgan fingerprint density at radius 2 is 1.41 bits per heavy atom. The highest BCUT2D eigenvalue weighted by atomic mass is 16.2. The lowest BCUT2D eigenvalue weighted by atomic mass is 10.0. The van der Waals surface area contributed by atoms with Crippen molar-refractivity contribution in [1.82, 2.24) is 10.4 Å². The van der Waals surface area contributed by atoms with E-state index in [-0.39, 0.29) is 5.91 Å². The summed E-state index contributed by atoms with van der Waals surface area (Å²) in [5, 5.41) is 6.36. The summed E-state index contributed by atoms with van der Waals surface area (Å²) in [7, 11) is 0. The largest absolute Gasteiger partial charge is 0.272 e. The number of nitrogens with one attached hydrogen (secondary N) is 1. The highest BCUT2D eigenvalue weighted by Gasteiger charge is 2.11. The van der Waals surface area contributed by atoms with Crippen molar-refractivity contribution in [3.8, 4) is 0 Å². The second kappa shape index (κ2) is 7.62. The Kier molecular flexibility index (Phi) is 4.70. The molecule has 4 aromatic rings. The number of benzene rings is 3. The van der Waals surface area contributed by atoms with E-state index in [0.29, 0.717) is 11.3 Å². The molecule has 0 spiro atoms. The Balaban J connectivity index is 1.70. The lowest BCUT2D eigenvalue weighted by Crippen LogP contribution is -2.21. The van der Waals surface area contributed by atoms with Crippen LogP contribution in [0, 0.1) is 0 Å². The molecule has 27 heavy (non-hydrogen) atoms. The number of fused-ring (bicyclic) bond motifs is 1. The third-order valence-corrected chi connectivity index (χ3v) is 4.30. The standard InChI is InChI=1S/C23H17N3O/c27-23(21-12-6-10-17-7-4-5-11-20(17)21)26-25-22(18-8-2-1-3-9-18)19-13-15-24-16-14-19/h1-16H,(H,26,27)/b25-22-. The Bertz CT molecular complexity index is 1060. The normalized spacial score (nSPS) is 11.3. The number of carbonyl (C=O) groups excluding carboxylic acids is 1. The average Bonchev–Trinajstić information content (AvgIpc) is 2.75. The van der Waals surface area contributed by atoms with Crippen molar-refractivity contribution in [2.75, 3.05) is 0 Å². The fraction of sp³-hybridized carbons (Fsp3) is 0. The van der Waals surface area contributed by atoms with Crippen molar-refractivity contribution in [1.29, 1.82) is 0 Å². The summed E-state index contributed by atoms with van der Waals surface area (Å²) in [4.78, 5) is 16.9. The molecular weight excluding hydrogens is 334 g/mol. The summed E-state index contributed by atoms with van der Waals surface area (Å²) >= 11 is 0. The van der Waals surface area contributed by atoms with Crippen molar-refractivity contribution in [2.24, 2.45) is 5.10 Å². The van der Waals surface area contributed by atoms with Gasteiger partial charge in [-0.2, -0.15) is 5.10 Å². The van der Waals surface area contributed by atoms with Gasteiger partial charge in [0.1, 0.15) is 0 Å². The third kappa shape index (κ3) is 3.60. The van der Waals surface area contributed by atoms with E-state index >= 15 is 0 Å². The number of rotatable bonds is 4. The van der Waals surface area contributed by atoms with Gasteiger partial charge in [0.05, 0.1) is 5.71 Å². The number of amides is 1. The molecule has 1 N–H and O–H groups in total. The molecule has 3 aromatic carbocycles. The van der Waals surface area contributed by atoms with E-state index in [4.69, 9.17) is 0 Å². The van der Waals surface area contributed by atoms with Crippen LogP contribution >= 0.6 is 0 Å². The smallest absolute Gasteiger partial charge is 0.267 e. The van der Waals surface area contributed by atoms with Gasteiger partial charge in [-0.05, 0) is 29.0 Å². The number of nitrogens with zero attached hydrogens (tertiary/aromatic N) is 2. The van der Waals surface area contributed by atoms with Crippen LogP contribution in [-0.4, -0.2) is 16.6 Å². The Labute approximate surface area is 157 Å². The molecule has 0 fully saturated rings. The first kappa shape index (κ1) is 16.7. The molecule has 4 heteroatoms. The van der Waals surface area contributed by atoms with E-state index in [1.165, 1.54) is 0 Å². The summed E-state index contributed by atoms with van der Waals surface area (Å²) in [5.41, 5.74) is 5.80. The predicted octanol–water partition coefficient (Wildman–Crippen LogP) is 4.42. The van der Waals surface area contributed by atoms with Crippen LogP contribution < -0.4 is 5.43 Å². The van der Waals surface area contributed by atoms with Crippen LogP contribution in [0.1, 0.15) is 21.5 Å². The Morgan fingerprint density at radius 3 is 2.22 bits per heavy atom. The summed E-state index contributed by atoms with van der Waals surface area (Å²) in [6, 6.07) is 27.0. The second-order valence-electron chi connectivity index (χ2n) is 6.03. The Morgan fingerprint density at radius 1 is 0.741 bits per heavy atom. The van der Waals surface area contributed by atoms with Gasteiger partial charge in [-0.15, -0.1) is 0 Å². The minimum absolute atomic E-state index is 0.241. The molecule has 0 bridgehead atoms. The van der Waals surface area contributed by atoms with Crippen LogP contribution in [0.3, 0.4) is 0 Å². The van der Waals surface area contributed by atoms with Gasteiger partial charge in [-0.3, -0.25) is 9.78 Å². The highest BCUT2D eigenvalue weighted by molar-refractivity contribution is 6.14. The molecule has 0 saturated carbocycles. The minimum Gasteiger partial charge on any atom is -0.267 e. The van der Waals surface area contributed by atoms with Gasteiger partial charge in [0.25, 0.3) is 5.91 Å². The number of carbonyl (C=O) groups is 1. The molecule has 0 aliphatic rings. The van der Waals surface area contributed by atoms with Gasteiger partial charge in [-0.1, -0.05) is 66.7 Å². The van der Waals surface area contributed by atoms with Crippen LogP contribution in [0.15, 0.2) is 102 Å². The van der Waals surface area contributed by atoms with Crippen LogP contribution in [-0.2, 0) is 0 Å². The van der Waals surface area contributed by atoms with Gasteiger partial charge in [-0.25, -0.2) is 5.43 Å². The molecule has 130 valence electrons. The van der Waals surface area contributed by atoms with Crippen molar-refractivity contribution in [3.63, 3.8) is 0 Å². The number of hydrogen-bond donors (Lipinski definition) is 1. The number of pyridine rings is 1. The van der Waals surface area contributed by atoms with E-state index in [1.807, 2.05) is 84.9 Å². The molecule has 4 nitrogen and oxygen atoms in total. The lowest BCUT2D eigenvalue weighted by molar-refractivity contribution is 0.0956. The zero-order valence-electron chi connectivity index (χ0n) is 14.5. The molecule has 4 rings (SSSR count). The summed E-state index contributed by atoms with van der Waals surface area (Å²) in [5.74, 6) is -0.241. The Hall–Kier alpha value is -3.79. The number of hydrogen-bond acceptors (Lipinski definition) is 3. The van der Waals surface area contributed by atoms with E-state index in [2.05, 4.69) is 15.5 Å². The van der Waals surface area contributed by atoms with Gasteiger partial charge < -0.3 is 0 Å². The summed E-state index contributed by atoms with van der Waals surface area (Å²) in [6.07, 6.45) is 3.42. The molecule has 0 saturated heterocycles. The van der Waals surface area contributed by atoms with Crippen LogP contribution in [0.2, 0.25) is 0 Å². The van der Waals surface area contributed by atoms with Gasteiger partial charge in [0, 0.05) is 29.1 Å². The lowest BCUT2D eigenvalue weighted by Gasteiger charge is -2.09. The minimum atomic E-state index is -0.241. The van der Waals surface area contributed by atoms with Crippen LogP contribution in [0.4, 0.5) is 0 Å².